The number of amides is 1. The Morgan fingerprint density at radius 3 is 2.90 bits per heavy atom. The van der Waals surface area contributed by atoms with Gasteiger partial charge in [-0.15, -0.1) is 4.83 Å². The number of H-pyrrole nitrogens is 1. The molecule has 0 aliphatic rings. The van der Waals surface area contributed by atoms with Gasteiger partial charge >= 0.3 is 11.8 Å². The van der Waals surface area contributed by atoms with E-state index in [4.69, 9.17) is 4.42 Å². The Labute approximate surface area is 112 Å². The molecule has 2 rings (SSSR count). The summed E-state index contributed by atoms with van der Waals surface area (Å²) >= 11 is 0. The van der Waals surface area contributed by atoms with Gasteiger partial charge in [0.05, 0.1) is 17.0 Å². The Morgan fingerprint density at radius 2 is 2.20 bits per heavy atom. The number of sulfonamides is 1. The molecule has 0 unspecified atom stereocenters. The van der Waals surface area contributed by atoms with Crippen LogP contribution in [0.5, 0.6) is 0 Å². The highest BCUT2D eigenvalue weighted by molar-refractivity contribution is 7.89. The minimum atomic E-state index is -3.99. The van der Waals surface area contributed by atoms with Crippen LogP contribution in [0.4, 0.5) is 4.79 Å². The highest BCUT2D eigenvalue weighted by Gasteiger charge is 2.17. The van der Waals surface area contributed by atoms with Gasteiger partial charge in [0.15, 0.2) is 5.58 Å². The zero-order valence-electron chi connectivity index (χ0n) is 10.3. The number of carbonyl (C=O) groups excluding carboxylic acids is 1. The molecule has 9 nitrogen and oxygen atoms in total. The van der Waals surface area contributed by atoms with Crippen LogP contribution in [-0.4, -0.2) is 26.1 Å². The van der Waals surface area contributed by atoms with Gasteiger partial charge in [0.25, 0.3) is 10.0 Å². The molecule has 0 fully saturated rings. The first kappa shape index (κ1) is 14.1. The quantitative estimate of drug-likeness (QED) is 0.684. The molecule has 3 N–H and O–H groups in total. The third-order valence-electron chi connectivity index (χ3n) is 2.27. The summed E-state index contributed by atoms with van der Waals surface area (Å²) in [5.41, 5.74) is 2.34. The molecule has 2 aromatic rings. The average molecular weight is 301 g/mol. The van der Waals surface area contributed by atoms with E-state index in [1.807, 2.05) is 10.3 Å². The molecule has 10 heteroatoms. The van der Waals surface area contributed by atoms with Crippen LogP contribution in [0.2, 0.25) is 0 Å². The number of hydrazine groups is 1. The predicted octanol–water partition coefficient (Wildman–Crippen LogP) is 0.0605. The second-order valence-electron chi connectivity index (χ2n) is 3.62. The molecule has 0 aliphatic heterocycles. The summed E-state index contributed by atoms with van der Waals surface area (Å²) in [6, 6.07) is 3.78. The fraction of sp³-hybridized carbons (Fsp3) is 0.200. The molecule has 1 heterocycles. The summed E-state index contributed by atoms with van der Waals surface area (Å²) in [5, 5.41) is 0. The van der Waals surface area contributed by atoms with Crippen molar-refractivity contribution in [2.24, 2.45) is 0 Å². The van der Waals surface area contributed by atoms with E-state index in [9.17, 15) is 18.0 Å². The number of hydrogen-bond donors (Lipinski definition) is 3. The summed E-state index contributed by atoms with van der Waals surface area (Å²) in [6.07, 6.45) is -0.926. The van der Waals surface area contributed by atoms with E-state index < -0.39 is 21.9 Å². The molecular formula is C10H11N3O6S. The number of oxazole rings is 1. The van der Waals surface area contributed by atoms with Gasteiger partial charge in [0.1, 0.15) is 0 Å². The normalized spacial score (nSPS) is 11.4. The van der Waals surface area contributed by atoms with E-state index >= 15 is 0 Å². The van der Waals surface area contributed by atoms with Crippen LogP contribution in [0.1, 0.15) is 6.92 Å². The number of fused-ring (bicyclic) bond motifs is 1. The van der Waals surface area contributed by atoms with Gasteiger partial charge in [-0.1, -0.05) is 0 Å². The van der Waals surface area contributed by atoms with Gasteiger partial charge in [-0.3, -0.25) is 4.98 Å². The first-order valence-corrected chi connectivity index (χ1v) is 6.98. The Bertz CT molecular complexity index is 791. The molecule has 0 atom stereocenters. The van der Waals surface area contributed by atoms with Crippen molar-refractivity contribution in [1.29, 1.82) is 0 Å². The second kappa shape index (κ2) is 5.35. The van der Waals surface area contributed by atoms with Gasteiger partial charge in [-0.25, -0.2) is 23.4 Å². The number of hydrogen-bond acceptors (Lipinski definition) is 6. The average Bonchev–Trinajstić information content (AvgIpc) is 2.76. The van der Waals surface area contributed by atoms with Crippen molar-refractivity contribution < 1.29 is 22.4 Å². The second-order valence-corrected chi connectivity index (χ2v) is 5.31. The molecule has 0 saturated carbocycles. The molecule has 0 bridgehead atoms. The van der Waals surface area contributed by atoms with Gasteiger partial charge in [-0.2, -0.15) is 0 Å². The van der Waals surface area contributed by atoms with Crippen LogP contribution >= 0.6 is 0 Å². The van der Waals surface area contributed by atoms with Crippen molar-refractivity contribution in [3.05, 3.63) is 28.7 Å². The lowest BCUT2D eigenvalue weighted by Gasteiger charge is -2.07. The van der Waals surface area contributed by atoms with Gasteiger partial charge in [0.2, 0.25) is 0 Å². The fourth-order valence-electron chi connectivity index (χ4n) is 1.43. The Balaban J connectivity index is 2.22. The maximum atomic E-state index is 11.9. The SMILES string of the molecule is CCOC(=O)NNS(=O)(=O)c1ccc2[nH]c(=O)oc2c1. The predicted molar refractivity (Wildman–Crippen MR) is 67.3 cm³/mol. The number of aromatic nitrogens is 1. The number of carbonyl (C=O) groups is 1. The van der Waals surface area contributed by atoms with E-state index in [0.29, 0.717) is 5.52 Å². The largest absolute Gasteiger partial charge is 0.449 e. The van der Waals surface area contributed by atoms with E-state index in [2.05, 4.69) is 9.72 Å². The Kier molecular flexibility index (Phi) is 3.77. The van der Waals surface area contributed by atoms with Crippen molar-refractivity contribution in [2.45, 2.75) is 11.8 Å². The minimum absolute atomic E-state index is 0.0917. The van der Waals surface area contributed by atoms with Crippen molar-refractivity contribution >= 4 is 27.2 Å². The first-order valence-electron chi connectivity index (χ1n) is 5.50. The number of nitrogens with one attached hydrogen (secondary N) is 3. The third-order valence-corrected chi connectivity index (χ3v) is 3.51. The summed E-state index contributed by atoms with van der Waals surface area (Å²) in [7, 11) is -3.99. The van der Waals surface area contributed by atoms with E-state index in [1.165, 1.54) is 12.1 Å². The van der Waals surface area contributed by atoms with Gasteiger partial charge in [0, 0.05) is 6.07 Å². The third kappa shape index (κ3) is 2.97. The molecule has 1 aromatic heterocycles. The summed E-state index contributed by atoms with van der Waals surface area (Å²) < 4.78 is 33.0. The Morgan fingerprint density at radius 1 is 1.45 bits per heavy atom. The molecule has 0 aliphatic carbocycles. The lowest BCUT2D eigenvalue weighted by atomic mass is 10.3. The summed E-state index contributed by atoms with van der Waals surface area (Å²) in [5.74, 6) is -0.688. The minimum Gasteiger partial charge on any atom is -0.449 e. The van der Waals surface area contributed by atoms with E-state index in [1.54, 1.807) is 6.92 Å². The highest BCUT2D eigenvalue weighted by atomic mass is 32.2. The molecule has 1 aromatic carbocycles. The molecule has 1 amide bonds. The van der Waals surface area contributed by atoms with Crippen molar-refractivity contribution in [3.8, 4) is 0 Å². The van der Waals surface area contributed by atoms with Gasteiger partial charge in [-0.05, 0) is 19.1 Å². The zero-order valence-corrected chi connectivity index (χ0v) is 11.1. The number of aromatic amines is 1. The lowest BCUT2D eigenvalue weighted by Crippen LogP contribution is -2.41. The van der Waals surface area contributed by atoms with Crippen LogP contribution < -0.4 is 16.0 Å². The van der Waals surface area contributed by atoms with E-state index in [0.717, 1.165) is 6.07 Å². The molecular weight excluding hydrogens is 290 g/mol. The maximum absolute atomic E-state index is 11.9. The van der Waals surface area contributed by atoms with Crippen LogP contribution in [0, 0.1) is 0 Å². The van der Waals surface area contributed by atoms with E-state index in [-0.39, 0.29) is 17.1 Å². The number of ether oxygens (including phenoxy) is 1. The van der Waals surface area contributed by atoms with Crippen molar-refractivity contribution in [1.82, 2.24) is 15.2 Å². The zero-order chi connectivity index (χ0) is 14.8. The van der Waals surface area contributed by atoms with Gasteiger partial charge < -0.3 is 9.15 Å². The van der Waals surface area contributed by atoms with Crippen LogP contribution in [0.3, 0.4) is 0 Å². The monoisotopic (exact) mass is 301 g/mol. The number of benzene rings is 1. The molecule has 0 spiro atoms. The number of rotatable bonds is 4. The van der Waals surface area contributed by atoms with Crippen LogP contribution in [-0.2, 0) is 14.8 Å². The topological polar surface area (TPSA) is 130 Å². The lowest BCUT2D eigenvalue weighted by molar-refractivity contribution is 0.150. The molecule has 108 valence electrons. The first-order chi connectivity index (χ1) is 9.42. The van der Waals surface area contributed by atoms with Crippen LogP contribution in [0.15, 0.2) is 32.3 Å². The summed E-state index contributed by atoms with van der Waals surface area (Å²) in [6.45, 7) is 1.68. The van der Waals surface area contributed by atoms with Crippen molar-refractivity contribution in [3.63, 3.8) is 0 Å². The van der Waals surface area contributed by atoms with Crippen molar-refractivity contribution in [2.75, 3.05) is 6.61 Å². The Hall–Kier alpha value is -2.33. The highest BCUT2D eigenvalue weighted by Crippen LogP contribution is 2.15. The standard InChI is InChI=1S/C10H11N3O6S/c1-2-18-10(15)12-13-20(16,17)6-3-4-7-8(5-6)19-9(14)11-7/h3-5,13H,2H2,1H3,(H,11,14)(H,12,15). The summed E-state index contributed by atoms with van der Waals surface area (Å²) in [4.78, 5) is 26.0. The molecule has 0 radical (unpaired) electrons. The smallest absolute Gasteiger partial charge is 0.422 e. The fourth-order valence-corrected chi connectivity index (χ4v) is 2.27. The maximum Gasteiger partial charge on any atom is 0.422 e. The molecule has 20 heavy (non-hydrogen) atoms. The van der Waals surface area contributed by atoms with Crippen LogP contribution in [0.25, 0.3) is 11.1 Å². The molecule has 0 saturated heterocycles.